The third-order valence-corrected chi connectivity index (χ3v) is 4.37. The lowest BCUT2D eigenvalue weighted by Crippen LogP contribution is -2.53. The molecule has 4 heteroatoms. The Hall–Kier alpha value is -0.610. The summed E-state index contributed by atoms with van der Waals surface area (Å²) in [6, 6.07) is 0.891. The smallest absolute Gasteiger partial charge is 0.234 e. The number of hydrogen-bond acceptors (Lipinski definition) is 3. The first kappa shape index (κ1) is 13.8. The summed E-state index contributed by atoms with van der Waals surface area (Å²) in [6.07, 6.45) is 4.83. The molecule has 1 heterocycles. The summed E-state index contributed by atoms with van der Waals surface area (Å²) in [4.78, 5) is 14.3. The van der Waals surface area contributed by atoms with E-state index in [-0.39, 0.29) is 5.91 Å². The molecule has 1 atom stereocenters. The first-order valence-electron chi connectivity index (χ1n) is 7.39. The predicted octanol–water partition coefficient (Wildman–Crippen LogP) is 0.975. The molecular weight excluding hydrogens is 226 g/mol. The van der Waals surface area contributed by atoms with Crippen LogP contribution in [-0.2, 0) is 4.79 Å². The highest BCUT2D eigenvalue weighted by Gasteiger charge is 2.23. The maximum Gasteiger partial charge on any atom is 0.234 e. The van der Waals surface area contributed by atoms with Gasteiger partial charge in [0.15, 0.2) is 0 Å². The second-order valence-electron chi connectivity index (χ2n) is 6.05. The van der Waals surface area contributed by atoms with Gasteiger partial charge in [-0.25, -0.2) is 0 Å². The molecule has 1 aliphatic carbocycles. The number of nitrogens with zero attached hydrogens (tertiary/aromatic N) is 1. The number of rotatable bonds is 3. The lowest BCUT2D eigenvalue weighted by Gasteiger charge is -2.34. The monoisotopic (exact) mass is 253 g/mol. The van der Waals surface area contributed by atoms with E-state index < -0.39 is 0 Å². The highest BCUT2D eigenvalue weighted by atomic mass is 16.2. The van der Waals surface area contributed by atoms with Gasteiger partial charge in [-0.1, -0.05) is 6.92 Å². The highest BCUT2D eigenvalue weighted by molar-refractivity contribution is 5.78. The van der Waals surface area contributed by atoms with Crippen molar-refractivity contribution in [1.82, 2.24) is 15.5 Å². The van der Waals surface area contributed by atoms with Crippen LogP contribution in [0.1, 0.15) is 39.5 Å². The van der Waals surface area contributed by atoms with Gasteiger partial charge in [-0.3, -0.25) is 9.69 Å². The first-order valence-corrected chi connectivity index (χ1v) is 7.39. The summed E-state index contributed by atoms with van der Waals surface area (Å²) in [5.74, 6) is 1.05. The zero-order chi connectivity index (χ0) is 13.0. The maximum absolute atomic E-state index is 12.0. The molecule has 1 amide bonds. The van der Waals surface area contributed by atoms with Crippen LogP contribution in [0.25, 0.3) is 0 Å². The molecule has 0 spiro atoms. The third-order valence-electron chi connectivity index (χ3n) is 4.37. The predicted molar refractivity (Wildman–Crippen MR) is 73.5 cm³/mol. The number of amides is 1. The minimum Gasteiger partial charge on any atom is -0.352 e. The van der Waals surface area contributed by atoms with Crippen molar-refractivity contribution in [1.29, 1.82) is 0 Å². The van der Waals surface area contributed by atoms with E-state index in [1.807, 2.05) is 0 Å². The Bertz CT molecular complexity index is 274. The first-order chi connectivity index (χ1) is 8.65. The molecular formula is C14H27N3O. The molecule has 2 aliphatic rings. The molecule has 0 aromatic carbocycles. The number of piperazine rings is 1. The van der Waals surface area contributed by atoms with Crippen LogP contribution in [0.3, 0.4) is 0 Å². The van der Waals surface area contributed by atoms with Crippen molar-refractivity contribution in [2.24, 2.45) is 5.92 Å². The molecule has 2 N–H and O–H groups in total. The number of hydrogen-bond donors (Lipinski definition) is 2. The molecule has 0 aromatic heterocycles. The largest absolute Gasteiger partial charge is 0.352 e. The van der Waals surface area contributed by atoms with E-state index in [1.165, 1.54) is 12.8 Å². The van der Waals surface area contributed by atoms with Crippen molar-refractivity contribution in [2.75, 3.05) is 26.2 Å². The summed E-state index contributed by atoms with van der Waals surface area (Å²) < 4.78 is 0. The molecule has 0 bridgehead atoms. The molecule has 18 heavy (non-hydrogen) atoms. The van der Waals surface area contributed by atoms with Crippen LogP contribution >= 0.6 is 0 Å². The van der Waals surface area contributed by atoms with Crippen LogP contribution in [0.2, 0.25) is 0 Å². The van der Waals surface area contributed by atoms with Gasteiger partial charge in [0.1, 0.15) is 0 Å². The van der Waals surface area contributed by atoms with Crippen molar-refractivity contribution in [2.45, 2.75) is 51.6 Å². The van der Waals surface area contributed by atoms with Crippen LogP contribution in [0.4, 0.5) is 0 Å². The molecule has 0 aromatic rings. The second-order valence-corrected chi connectivity index (χ2v) is 6.05. The van der Waals surface area contributed by atoms with Crippen molar-refractivity contribution in [3.63, 3.8) is 0 Å². The summed E-state index contributed by atoms with van der Waals surface area (Å²) >= 11 is 0. The summed E-state index contributed by atoms with van der Waals surface area (Å²) in [6.45, 7) is 8.03. The van der Waals surface area contributed by atoms with E-state index in [0.29, 0.717) is 18.6 Å². The molecule has 1 saturated carbocycles. The van der Waals surface area contributed by atoms with Gasteiger partial charge in [-0.2, -0.15) is 0 Å². The van der Waals surface area contributed by atoms with E-state index >= 15 is 0 Å². The number of nitrogens with one attached hydrogen (secondary N) is 2. The van der Waals surface area contributed by atoms with Gasteiger partial charge in [0, 0.05) is 31.7 Å². The molecule has 2 rings (SSSR count). The topological polar surface area (TPSA) is 44.4 Å². The van der Waals surface area contributed by atoms with Crippen LogP contribution in [0, 0.1) is 5.92 Å². The molecule has 2 fully saturated rings. The second kappa shape index (κ2) is 6.53. The van der Waals surface area contributed by atoms with Crippen molar-refractivity contribution in [3.05, 3.63) is 0 Å². The van der Waals surface area contributed by atoms with Crippen molar-refractivity contribution in [3.8, 4) is 0 Å². The Balaban J connectivity index is 1.71. The van der Waals surface area contributed by atoms with E-state index in [1.54, 1.807) is 0 Å². The van der Waals surface area contributed by atoms with E-state index in [9.17, 15) is 4.79 Å². The molecule has 1 unspecified atom stereocenters. The maximum atomic E-state index is 12.0. The van der Waals surface area contributed by atoms with Gasteiger partial charge >= 0.3 is 0 Å². The fourth-order valence-corrected chi connectivity index (χ4v) is 2.98. The average molecular weight is 253 g/mol. The van der Waals surface area contributed by atoms with Crippen molar-refractivity contribution < 1.29 is 4.79 Å². The highest BCUT2D eigenvalue weighted by Crippen LogP contribution is 2.23. The Morgan fingerprint density at radius 1 is 1.28 bits per heavy atom. The van der Waals surface area contributed by atoms with E-state index in [4.69, 9.17) is 0 Å². The Morgan fingerprint density at radius 3 is 2.67 bits per heavy atom. The summed E-state index contributed by atoms with van der Waals surface area (Å²) in [5.41, 5.74) is 0. The van der Waals surface area contributed by atoms with Gasteiger partial charge in [-0.15, -0.1) is 0 Å². The normalized spacial score (nSPS) is 34.2. The van der Waals surface area contributed by atoms with Crippen LogP contribution in [0.5, 0.6) is 0 Å². The minimum atomic E-state index is 0.211. The standard InChI is InChI=1S/C14H27N3O/c1-11-3-5-13(6-4-11)16-14(18)10-17-8-7-15-9-12(17)2/h11-13,15H,3-10H2,1-2H3,(H,16,18). The van der Waals surface area contributed by atoms with Gasteiger partial charge in [-0.05, 0) is 38.5 Å². The Morgan fingerprint density at radius 2 is 2.00 bits per heavy atom. The Kier molecular flexibility index (Phi) is 5.01. The minimum absolute atomic E-state index is 0.211. The third kappa shape index (κ3) is 3.95. The fourth-order valence-electron chi connectivity index (χ4n) is 2.98. The average Bonchev–Trinajstić information content (AvgIpc) is 2.35. The van der Waals surface area contributed by atoms with E-state index in [2.05, 4.69) is 29.4 Å². The van der Waals surface area contributed by atoms with Crippen molar-refractivity contribution >= 4 is 5.91 Å². The zero-order valence-corrected chi connectivity index (χ0v) is 11.7. The van der Waals surface area contributed by atoms with Gasteiger partial charge < -0.3 is 10.6 Å². The van der Waals surface area contributed by atoms with Crippen LogP contribution in [0.15, 0.2) is 0 Å². The quantitative estimate of drug-likeness (QED) is 0.788. The SMILES string of the molecule is CC1CCC(NC(=O)CN2CCNCC2C)CC1. The Labute approximate surface area is 110 Å². The van der Waals surface area contributed by atoms with Crippen LogP contribution in [-0.4, -0.2) is 49.1 Å². The molecule has 104 valence electrons. The zero-order valence-electron chi connectivity index (χ0n) is 11.7. The van der Waals surface area contributed by atoms with E-state index in [0.717, 1.165) is 38.4 Å². The van der Waals surface area contributed by atoms with Gasteiger partial charge in [0.05, 0.1) is 6.54 Å². The fraction of sp³-hybridized carbons (Fsp3) is 0.929. The molecule has 4 nitrogen and oxygen atoms in total. The lowest BCUT2D eigenvalue weighted by molar-refractivity contribution is -0.123. The molecule has 1 saturated heterocycles. The van der Waals surface area contributed by atoms with Crippen LogP contribution < -0.4 is 10.6 Å². The molecule has 1 aliphatic heterocycles. The summed E-state index contributed by atoms with van der Waals surface area (Å²) in [5, 5.41) is 6.56. The summed E-state index contributed by atoms with van der Waals surface area (Å²) in [7, 11) is 0. The number of carbonyl (C=O) groups excluding carboxylic acids is 1. The van der Waals surface area contributed by atoms with Gasteiger partial charge in [0.25, 0.3) is 0 Å². The number of carbonyl (C=O) groups is 1. The van der Waals surface area contributed by atoms with Gasteiger partial charge in [0.2, 0.25) is 5.91 Å². The lowest BCUT2D eigenvalue weighted by atomic mass is 9.87. The molecule has 0 radical (unpaired) electrons.